The number of rotatable bonds is 3. The molecule has 0 radical (unpaired) electrons. The van der Waals surface area contributed by atoms with Crippen molar-refractivity contribution in [3.05, 3.63) is 35.9 Å². The molecular weight excluding hydrogens is 230 g/mol. The Labute approximate surface area is 106 Å². The molecule has 0 aliphatic heterocycles. The van der Waals surface area contributed by atoms with Crippen LogP contribution in [0.4, 0.5) is 0 Å². The van der Waals surface area contributed by atoms with Crippen molar-refractivity contribution in [2.45, 2.75) is 37.6 Å². The van der Waals surface area contributed by atoms with Gasteiger partial charge in [-0.25, -0.2) is 4.79 Å². The van der Waals surface area contributed by atoms with E-state index in [2.05, 4.69) is 5.32 Å². The third-order valence-corrected chi connectivity index (χ3v) is 3.51. The quantitative estimate of drug-likeness (QED) is 0.860. The smallest absolute Gasteiger partial charge is 0.329 e. The number of aliphatic carboxylic acids is 1. The molecule has 0 aromatic heterocycles. The maximum atomic E-state index is 12.0. The molecule has 0 unspecified atom stereocenters. The fraction of sp³-hybridized carbons (Fsp3) is 0.429. The number of carbonyl (C=O) groups is 2. The molecule has 1 saturated carbocycles. The van der Waals surface area contributed by atoms with Gasteiger partial charge in [-0.2, -0.15) is 0 Å². The van der Waals surface area contributed by atoms with Crippen molar-refractivity contribution in [3.8, 4) is 0 Å². The molecule has 4 nitrogen and oxygen atoms in total. The van der Waals surface area contributed by atoms with Crippen LogP contribution >= 0.6 is 0 Å². The summed E-state index contributed by atoms with van der Waals surface area (Å²) in [6, 6.07) is 8.73. The zero-order valence-electron chi connectivity index (χ0n) is 10.2. The summed E-state index contributed by atoms with van der Waals surface area (Å²) < 4.78 is 0. The van der Waals surface area contributed by atoms with E-state index in [1.807, 2.05) is 6.07 Å². The number of amides is 1. The fourth-order valence-electron chi connectivity index (χ4n) is 2.43. The molecule has 0 atom stereocenters. The zero-order valence-corrected chi connectivity index (χ0v) is 10.2. The standard InChI is InChI=1S/C14H17NO3/c16-12(11-7-3-1-4-8-11)15-14(13(17)18)9-5-2-6-10-14/h1,3-4,7-8H,2,5-6,9-10H2,(H,15,16)(H,17,18). The largest absolute Gasteiger partial charge is 0.480 e. The zero-order chi connectivity index (χ0) is 13.0. The van der Waals surface area contributed by atoms with Crippen LogP contribution in [-0.2, 0) is 4.79 Å². The van der Waals surface area contributed by atoms with E-state index in [1.165, 1.54) is 0 Å². The lowest BCUT2D eigenvalue weighted by atomic mass is 9.81. The van der Waals surface area contributed by atoms with Crippen LogP contribution < -0.4 is 5.32 Å². The van der Waals surface area contributed by atoms with Crippen LogP contribution in [0, 0.1) is 0 Å². The Balaban J connectivity index is 2.15. The number of carboxylic acids is 1. The predicted molar refractivity (Wildman–Crippen MR) is 67.4 cm³/mol. The average molecular weight is 247 g/mol. The molecule has 1 aromatic rings. The molecule has 0 bridgehead atoms. The van der Waals surface area contributed by atoms with E-state index >= 15 is 0 Å². The Hall–Kier alpha value is -1.84. The Morgan fingerprint density at radius 1 is 1.06 bits per heavy atom. The summed E-state index contributed by atoms with van der Waals surface area (Å²) in [5.41, 5.74) is -0.575. The van der Waals surface area contributed by atoms with Crippen LogP contribution in [0.25, 0.3) is 0 Å². The highest BCUT2D eigenvalue weighted by atomic mass is 16.4. The number of nitrogens with one attached hydrogen (secondary N) is 1. The minimum Gasteiger partial charge on any atom is -0.480 e. The molecule has 1 aromatic carbocycles. The first-order chi connectivity index (χ1) is 8.64. The maximum absolute atomic E-state index is 12.0. The molecule has 96 valence electrons. The SMILES string of the molecule is O=C(NC1(C(=O)O)CCCCC1)c1ccccc1. The van der Waals surface area contributed by atoms with Gasteiger partial charge in [-0.1, -0.05) is 37.5 Å². The van der Waals surface area contributed by atoms with Gasteiger partial charge in [-0.3, -0.25) is 4.79 Å². The lowest BCUT2D eigenvalue weighted by Gasteiger charge is -2.33. The molecule has 4 heteroatoms. The van der Waals surface area contributed by atoms with Gasteiger partial charge in [0.1, 0.15) is 5.54 Å². The lowest BCUT2D eigenvalue weighted by Crippen LogP contribution is -2.55. The van der Waals surface area contributed by atoms with Crippen LogP contribution in [0.15, 0.2) is 30.3 Å². The summed E-state index contributed by atoms with van der Waals surface area (Å²) in [6.07, 6.45) is 3.76. The topological polar surface area (TPSA) is 66.4 Å². The number of benzene rings is 1. The second-order valence-electron chi connectivity index (χ2n) is 4.77. The van der Waals surface area contributed by atoms with Crippen molar-refractivity contribution in [2.75, 3.05) is 0 Å². The Kier molecular flexibility index (Phi) is 3.65. The number of hydrogen-bond donors (Lipinski definition) is 2. The van der Waals surface area contributed by atoms with E-state index in [9.17, 15) is 14.7 Å². The Bertz CT molecular complexity index is 436. The van der Waals surface area contributed by atoms with Crippen molar-refractivity contribution in [1.82, 2.24) is 5.32 Å². The molecule has 2 rings (SSSR count). The molecule has 2 N–H and O–H groups in total. The van der Waals surface area contributed by atoms with Crippen molar-refractivity contribution < 1.29 is 14.7 Å². The van der Waals surface area contributed by atoms with Gasteiger partial charge < -0.3 is 10.4 Å². The summed E-state index contributed by atoms with van der Waals surface area (Å²) in [6.45, 7) is 0. The van der Waals surface area contributed by atoms with Gasteiger partial charge in [0, 0.05) is 5.56 Å². The van der Waals surface area contributed by atoms with E-state index in [0.29, 0.717) is 18.4 Å². The third kappa shape index (κ3) is 2.53. The van der Waals surface area contributed by atoms with Crippen molar-refractivity contribution >= 4 is 11.9 Å². The van der Waals surface area contributed by atoms with Crippen molar-refractivity contribution in [1.29, 1.82) is 0 Å². The van der Waals surface area contributed by atoms with E-state index in [1.54, 1.807) is 24.3 Å². The number of hydrogen-bond acceptors (Lipinski definition) is 2. The number of carbonyl (C=O) groups excluding carboxylic acids is 1. The summed E-state index contributed by atoms with van der Waals surface area (Å²) in [7, 11) is 0. The second kappa shape index (κ2) is 5.21. The predicted octanol–water partition coefficient (Wildman–Crippen LogP) is 2.20. The summed E-state index contributed by atoms with van der Waals surface area (Å²) >= 11 is 0. The first kappa shape index (κ1) is 12.6. The Morgan fingerprint density at radius 2 is 1.67 bits per heavy atom. The minimum absolute atomic E-state index is 0.306. The van der Waals surface area contributed by atoms with Gasteiger partial charge in [0.15, 0.2) is 0 Å². The summed E-state index contributed by atoms with van der Waals surface area (Å²) in [4.78, 5) is 23.5. The van der Waals surface area contributed by atoms with Crippen LogP contribution in [-0.4, -0.2) is 22.5 Å². The van der Waals surface area contributed by atoms with E-state index < -0.39 is 11.5 Å². The third-order valence-electron chi connectivity index (χ3n) is 3.51. The van der Waals surface area contributed by atoms with E-state index in [-0.39, 0.29) is 5.91 Å². The highest BCUT2D eigenvalue weighted by Crippen LogP contribution is 2.28. The molecule has 0 heterocycles. The normalized spacial score (nSPS) is 18.0. The average Bonchev–Trinajstić information content (AvgIpc) is 2.40. The molecule has 1 aliphatic carbocycles. The van der Waals surface area contributed by atoms with Crippen LogP contribution in [0.1, 0.15) is 42.5 Å². The lowest BCUT2D eigenvalue weighted by molar-refractivity contribution is -0.145. The van der Waals surface area contributed by atoms with Crippen molar-refractivity contribution in [2.24, 2.45) is 0 Å². The van der Waals surface area contributed by atoms with Gasteiger partial charge in [0.2, 0.25) is 0 Å². The van der Waals surface area contributed by atoms with E-state index in [4.69, 9.17) is 0 Å². The highest BCUT2D eigenvalue weighted by molar-refractivity contribution is 5.97. The highest BCUT2D eigenvalue weighted by Gasteiger charge is 2.40. The summed E-state index contributed by atoms with van der Waals surface area (Å²) in [5, 5.41) is 12.1. The van der Waals surface area contributed by atoms with E-state index in [0.717, 1.165) is 19.3 Å². The number of carboxylic acid groups (broad SMARTS) is 1. The molecular formula is C14H17NO3. The van der Waals surface area contributed by atoms with Gasteiger partial charge in [0.25, 0.3) is 5.91 Å². The van der Waals surface area contributed by atoms with Crippen LogP contribution in [0.5, 0.6) is 0 Å². The Morgan fingerprint density at radius 3 is 2.22 bits per heavy atom. The van der Waals surface area contributed by atoms with Gasteiger partial charge in [-0.15, -0.1) is 0 Å². The van der Waals surface area contributed by atoms with Crippen molar-refractivity contribution in [3.63, 3.8) is 0 Å². The second-order valence-corrected chi connectivity index (χ2v) is 4.77. The first-order valence-corrected chi connectivity index (χ1v) is 6.25. The van der Waals surface area contributed by atoms with Gasteiger partial charge in [0.05, 0.1) is 0 Å². The molecule has 1 aliphatic rings. The monoisotopic (exact) mass is 247 g/mol. The summed E-state index contributed by atoms with van der Waals surface area (Å²) in [5.74, 6) is -1.23. The van der Waals surface area contributed by atoms with Crippen LogP contribution in [0.2, 0.25) is 0 Å². The minimum atomic E-state index is -1.08. The first-order valence-electron chi connectivity index (χ1n) is 6.25. The van der Waals surface area contributed by atoms with Crippen LogP contribution in [0.3, 0.4) is 0 Å². The fourth-order valence-corrected chi connectivity index (χ4v) is 2.43. The molecule has 0 spiro atoms. The molecule has 0 saturated heterocycles. The van der Waals surface area contributed by atoms with Gasteiger partial charge >= 0.3 is 5.97 Å². The molecule has 1 fully saturated rings. The molecule has 18 heavy (non-hydrogen) atoms. The maximum Gasteiger partial charge on any atom is 0.329 e. The van der Waals surface area contributed by atoms with Gasteiger partial charge in [-0.05, 0) is 25.0 Å². The molecule has 1 amide bonds.